The van der Waals surface area contributed by atoms with Crippen molar-refractivity contribution in [3.63, 3.8) is 0 Å². The summed E-state index contributed by atoms with van der Waals surface area (Å²) in [6.07, 6.45) is 3.68. The van der Waals surface area contributed by atoms with Crippen molar-refractivity contribution in [2.75, 3.05) is 0 Å². The fraction of sp³-hybridized carbons (Fsp3) is 0.111. The molecule has 0 amide bonds. The van der Waals surface area contributed by atoms with Gasteiger partial charge in [-0.3, -0.25) is 0 Å². The quantitative estimate of drug-likeness (QED) is 0.545. The second-order valence-electron chi connectivity index (χ2n) is 2.54. The lowest BCUT2D eigenvalue weighted by Crippen LogP contribution is -2.15. The largest absolute Gasteiger partial charge is 0.402 e. The molecule has 1 aliphatic heterocycles. The highest BCUT2D eigenvalue weighted by Crippen LogP contribution is 2.21. The minimum atomic E-state index is 0.747. The number of hydrogen-bond acceptors (Lipinski definition) is 2. The zero-order valence-corrected chi connectivity index (χ0v) is 6.65. The normalized spacial score (nSPS) is 21.5. The molecule has 0 atom stereocenters. The van der Waals surface area contributed by atoms with Gasteiger partial charge in [-0.15, -0.1) is 0 Å². The van der Waals surface area contributed by atoms with Crippen LogP contribution in [0.2, 0.25) is 0 Å². The third-order valence-corrected chi connectivity index (χ3v) is 1.56. The molecular weight excluding hydrogens is 136 g/mol. The Kier molecular flexibility index (Phi) is 1.85. The standard InChI is InChI=1S/C9H12N2/c1-6-4-5-11-8(3)9(6)7(2)10/h4-5,11H,1,3,10H2,2H3/b9-7+. The molecule has 2 heteroatoms. The molecule has 0 unspecified atom stereocenters. The third kappa shape index (κ3) is 1.34. The minimum absolute atomic E-state index is 0.747. The number of allylic oxidation sites excluding steroid dienone is 3. The van der Waals surface area contributed by atoms with Gasteiger partial charge in [0.05, 0.1) is 0 Å². The Bertz CT molecular complexity index is 265. The molecule has 1 aliphatic rings. The van der Waals surface area contributed by atoms with Crippen LogP contribution in [0.1, 0.15) is 6.92 Å². The first-order valence-electron chi connectivity index (χ1n) is 3.41. The SMILES string of the molecule is C=C1C=CNC(=C)/C1=C(\C)N. The number of nitrogens with two attached hydrogens (primary N) is 1. The van der Waals surface area contributed by atoms with Crippen LogP contribution in [-0.4, -0.2) is 0 Å². The van der Waals surface area contributed by atoms with Crippen molar-refractivity contribution >= 4 is 0 Å². The van der Waals surface area contributed by atoms with Crippen LogP contribution in [-0.2, 0) is 0 Å². The topological polar surface area (TPSA) is 38.0 Å². The average Bonchev–Trinajstić information content (AvgIpc) is 1.85. The van der Waals surface area contributed by atoms with Crippen molar-refractivity contribution in [1.82, 2.24) is 5.32 Å². The molecule has 0 saturated heterocycles. The summed E-state index contributed by atoms with van der Waals surface area (Å²) in [4.78, 5) is 0. The van der Waals surface area contributed by atoms with Crippen LogP contribution >= 0.6 is 0 Å². The second kappa shape index (κ2) is 2.66. The lowest BCUT2D eigenvalue weighted by Gasteiger charge is -2.17. The maximum atomic E-state index is 5.63. The molecule has 0 radical (unpaired) electrons. The lowest BCUT2D eigenvalue weighted by atomic mass is 10.0. The van der Waals surface area contributed by atoms with Crippen molar-refractivity contribution in [1.29, 1.82) is 0 Å². The molecule has 1 rings (SSSR count). The second-order valence-corrected chi connectivity index (χ2v) is 2.54. The van der Waals surface area contributed by atoms with Gasteiger partial charge in [0.1, 0.15) is 0 Å². The molecule has 0 spiro atoms. The van der Waals surface area contributed by atoms with Crippen LogP contribution in [0.5, 0.6) is 0 Å². The van der Waals surface area contributed by atoms with E-state index in [-0.39, 0.29) is 0 Å². The number of hydrogen-bond donors (Lipinski definition) is 2. The van der Waals surface area contributed by atoms with Crippen LogP contribution in [0, 0.1) is 0 Å². The molecular formula is C9H12N2. The van der Waals surface area contributed by atoms with Crippen molar-refractivity contribution in [3.05, 3.63) is 48.0 Å². The van der Waals surface area contributed by atoms with E-state index in [9.17, 15) is 0 Å². The summed E-state index contributed by atoms with van der Waals surface area (Å²) in [5, 5.41) is 2.97. The summed E-state index contributed by atoms with van der Waals surface area (Å²) in [6.45, 7) is 9.49. The van der Waals surface area contributed by atoms with E-state index in [0.717, 1.165) is 22.5 Å². The van der Waals surface area contributed by atoms with E-state index in [2.05, 4.69) is 18.5 Å². The van der Waals surface area contributed by atoms with Crippen LogP contribution < -0.4 is 11.1 Å². The highest BCUT2D eigenvalue weighted by molar-refractivity contribution is 5.53. The molecule has 0 aromatic heterocycles. The van der Waals surface area contributed by atoms with Crippen molar-refractivity contribution < 1.29 is 0 Å². The molecule has 2 nitrogen and oxygen atoms in total. The van der Waals surface area contributed by atoms with E-state index >= 15 is 0 Å². The highest BCUT2D eigenvalue weighted by Gasteiger charge is 2.09. The van der Waals surface area contributed by atoms with Gasteiger partial charge in [-0.05, 0) is 18.6 Å². The zero-order valence-electron chi connectivity index (χ0n) is 6.65. The van der Waals surface area contributed by atoms with Crippen LogP contribution in [0.25, 0.3) is 0 Å². The molecule has 0 fully saturated rings. The van der Waals surface area contributed by atoms with Gasteiger partial charge in [0.2, 0.25) is 0 Å². The molecule has 0 bridgehead atoms. The maximum absolute atomic E-state index is 5.63. The molecule has 0 aromatic rings. The molecule has 0 saturated carbocycles. The molecule has 1 heterocycles. The predicted molar refractivity (Wildman–Crippen MR) is 47.4 cm³/mol. The van der Waals surface area contributed by atoms with Gasteiger partial charge in [-0.2, -0.15) is 0 Å². The van der Waals surface area contributed by atoms with Gasteiger partial charge in [-0.1, -0.05) is 13.2 Å². The summed E-state index contributed by atoms with van der Waals surface area (Å²) in [7, 11) is 0. The summed E-state index contributed by atoms with van der Waals surface area (Å²) >= 11 is 0. The van der Waals surface area contributed by atoms with Crippen LogP contribution in [0.15, 0.2) is 48.0 Å². The Morgan fingerprint density at radius 1 is 1.55 bits per heavy atom. The molecule has 11 heavy (non-hydrogen) atoms. The fourth-order valence-electron chi connectivity index (χ4n) is 1.08. The van der Waals surface area contributed by atoms with E-state index < -0.39 is 0 Å². The number of nitrogens with one attached hydrogen (secondary N) is 1. The van der Waals surface area contributed by atoms with E-state index in [1.165, 1.54) is 0 Å². The third-order valence-electron chi connectivity index (χ3n) is 1.56. The molecule has 0 aliphatic carbocycles. The Morgan fingerprint density at radius 2 is 2.18 bits per heavy atom. The summed E-state index contributed by atoms with van der Waals surface area (Å²) in [6, 6.07) is 0. The van der Waals surface area contributed by atoms with E-state index in [4.69, 9.17) is 5.73 Å². The summed E-state index contributed by atoms with van der Waals surface area (Å²) in [5.74, 6) is 0. The first kappa shape index (κ1) is 7.66. The van der Waals surface area contributed by atoms with Crippen molar-refractivity contribution in [3.8, 4) is 0 Å². The molecule has 3 N–H and O–H groups in total. The predicted octanol–water partition coefficient (Wildman–Crippen LogP) is 1.41. The van der Waals surface area contributed by atoms with E-state index in [1.807, 2.05) is 13.0 Å². The van der Waals surface area contributed by atoms with Gasteiger partial charge < -0.3 is 11.1 Å². The average molecular weight is 148 g/mol. The van der Waals surface area contributed by atoms with Crippen molar-refractivity contribution in [2.45, 2.75) is 6.92 Å². The smallest absolute Gasteiger partial charge is 0.0403 e. The zero-order chi connectivity index (χ0) is 8.43. The van der Waals surface area contributed by atoms with Gasteiger partial charge in [0.15, 0.2) is 0 Å². The summed E-state index contributed by atoms with van der Waals surface area (Å²) < 4.78 is 0. The van der Waals surface area contributed by atoms with Gasteiger partial charge in [-0.25, -0.2) is 0 Å². The molecule has 58 valence electrons. The van der Waals surface area contributed by atoms with Gasteiger partial charge in [0.25, 0.3) is 0 Å². The van der Waals surface area contributed by atoms with Gasteiger partial charge in [0, 0.05) is 23.2 Å². The monoisotopic (exact) mass is 148 g/mol. The Morgan fingerprint density at radius 3 is 2.55 bits per heavy atom. The fourth-order valence-corrected chi connectivity index (χ4v) is 1.08. The molecule has 0 aromatic carbocycles. The van der Waals surface area contributed by atoms with Gasteiger partial charge >= 0.3 is 0 Å². The first-order valence-corrected chi connectivity index (χ1v) is 3.41. The van der Waals surface area contributed by atoms with Crippen LogP contribution in [0.3, 0.4) is 0 Å². The Labute approximate surface area is 66.8 Å². The first-order chi connectivity index (χ1) is 5.13. The van der Waals surface area contributed by atoms with E-state index in [1.54, 1.807) is 6.20 Å². The number of rotatable bonds is 0. The Balaban J connectivity index is 3.13. The Hall–Kier alpha value is -1.44. The highest BCUT2D eigenvalue weighted by atomic mass is 14.9. The van der Waals surface area contributed by atoms with E-state index in [0.29, 0.717) is 0 Å². The maximum Gasteiger partial charge on any atom is 0.0403 e. The lowest BCUT2D eigenvalue weighted by molar-refractivity contribution is 1.03. The van der Waals surface area contributed by atoms with Crippen LogP contribution in [0.4, 0.5) is 0 Å². The minimum Gasteiger partial charge on any atom is -0.402 e. The van der Waals surface area contributed by atoms with Crippen molar-refractivity contribution in [2.24, 2.45) is 5.73 Å². The summed E-state index contributed by atoms with van der Waals surface area (Å²) in [5.41, 5.74) is 9.03.